The fourth-order valence-corrected chi connectivity index (χ4v) is 3.65. The van der Waals surface area contributed by atoms with Gasteiger partial charge in [0, 0.05) is 18.2 Å². The third kappa shape index (κ3) is 5.97. The number of methoxy groups -OCH3 is 1. The number of alkyl halides is 3. The summed E-state index contributed by atoms with van der Waals surface area (Å²) in [5, 5.41) is 6.22. The lowest BCUT2D eigenvalue weighted by Crippen LogP contribution is -2.20. The molecule has 4 aromatic rings. The van der Waals surface area contributed by atoms with Crippen molar-refractivity contribution in [3.05, 3.63) is 83.8 Å². The molecule has 188 valence electrons. The number of fused-ring (bicyclic) bond motifs is 1. The maximum Gasteiger partial charge on any atom is 0.416 e. The van der Waals surface area contributed by atoms with Gasteiger partial charge in [0.05, 0.1) is 11.3 Å². The number of nitrogens with one attached hydrogen (secondary N) is 2. The van der Waals surface area contributed by atoms with Crippen molar-refractivity contribution in [3.63, 3.8) is 0 Å². The summed E-state index contributed by atoms with van der Waals surface area (Å²) in [5.74, 6) is 5.15. The molecule has 0 spiro atoms. The normalized spacial score (nSPS) is 11.1. The van der Waals surface area contributed by atoms with Crippen LogP contribution >= 0.6 is 0 Å². The van der Waals surface area contributed by atoms with E-state index in [1.807, 2.05) is 18.2 Å². The highest BCUT2D eigenvalue weighted by molar-refractivity contribution is 6.02. The molecule has 0 atom stereocenters. The molecule has 0 bridgehead atoms. The first kappa shape index (κ1) is 25.5. The van der Waals surface area contributed by atoms with E-state index in [2.05, 4.69) is 27.5 Å². The van der Waals surface area contributed by atoms with Crippen LogP contribution in [0.2, 0.25) is 0 Å². The average Bonchev–Trinajstić information content (AvgIpc) is 2.85. The van der Waals surface area contributed by atoms with Crippen molar-refractivity contribution in [1.29, 1.82) is 0 Å². The van der Waals surface area contributed by atoms with Gasteiger partial charge in [-0.05, 0) is 58.8 Å². The number of carbonyl (C=O) groups excluding carboxylic acids is 1. The van der Waals surface area contributed by atoms with Crippen LogP contribution in [0.3, 0.4) is 0 Å². The van der Waals surface area contributed by atoms with Gasteiger partial charge in [0.2, 0.25) is 0 Å². The third-order valence-electron chi connectivity index (χ3n) is 5.31. The Hall–Kier alpha value is -4.62. The third-order valence-corrected chi connectivity index (χ3v) is 5.31. The van der Waals surface area contributed by atoms with E-state index in [-0.39, 0.29) is 6.61 Å². The van der Waals surface area contributed by atoms with Crippen LogP contribution in [0.5, 0.6) is 0 Å². The second-order valence-corrected chi connectivity index (χ2v) is 7.88. The Bertz CT molecular complexity index is 1520. The van der Waals surface area contributed by atoms with Crippen LogP contribution in [0, 0.1) is 17.7 Å². The van der Waals surface area contributed by atoms with Crippen LogP contribution in [0.4, 0.5) is 39.5 Å². The number of carbonyl (C=O) groups is 1. The minimum absolute atomic E-state index is 0.250. The maximum atomic E-state index is 13.9. The van der Waals surface area contributed by atoms with Crippen molar-refractivity contribution in [1.82, 2.24) is 4.98 Å². The van der Waals surface area contributed by atoms with Crippen LogP contribution < -0.4 is 16.4 Å². The SMILES string of the molecule is COCC#Cc1nc(N)cc2c(-c3ccc(NC(=O)Nc4cc(C(F)(F)F)ccc4F)cc3)cccc12. The minimum Gasteiger partial charge on any atom is -0.384 e. The van der Waals surface area contributed by atoms with E-state index < -0.39 is 29.3 Å². The highest BCUT2D eigenvalue weighted by atomic mass is 19.4. The number of hydrogen-bond acceptors (Lipinski definition) is 4. The molecule has 0 saturated heterocycles. The monoisotopic (exact) mass is 508 g/mol. The van der Waals surface area contributed by atoms with E-state index in [0.29, 0.717) is 35.4 Å². The number of benzene rings is 3. The Morgan fingerprint density at radius 1 is 1.03 bits per heavy atom. The second-order valence-electron chi connectivity index (χ2n) is 7.88. The highest BCUT2D eigenvalue weighted by Crippen LogP contribution is 2.33. The quantitative estimate of drug-likeness (QED) is 0.224. The molecule has 2 amide bonds. The Balaban J connectivity index is 1.56. The summed E-state index contributed by atoms with van der Waals surface area (Å²) in [6.07, 6.45) is -4.67. The molecule has 0 aliphatic rings. The van der Waals surface area contributed by atoms with E-state index in [0.717, 1.165) is 21.9 Å². The molecule has 3 aromatic carbocycles. The Morgan fingerprint density at radius 2 is 1.78 bits per heavy atom. The van der Waals surface area contributed by atoms with Gasteiger partial charge in [-0.1, -0.05) is 36.3 Å². The molecule has 0 aliphatic carbocycles. The van der Waals surface area contributed by atoms with Gasteiger partial charge >= 0.3 is 12.2 Å². The van der Waals surface area contributed by atoms with Crippen LogP contribution in [0.1, 0.15) is 11.3 Å². The standard InChI is InChI=1S/C27H20F4N4O2/c1-37-13-3-6-23-20-5-2-4-19(21(20)15-25(32)34-23)16-7-10-18(11-8-16)33-26(36)35-24-14-17(27(29,30)31)9-12-22(24)28/h2,4-5,7-12,14-15H,13H2,1H3,(H2,32,34)(H2,33,35,36). The van der Waals surface area contributed by atoms with Crippen LogP contribution in [-0.2, 0) is 10.9 Å². The zero-order valence-electron chi connectivity index (χ0n) is 19.4. The zero-order valence-corrected chi connectivity index (χ0v) is 19.4. The Morgan fingerprint density at radius 3 is 2.49 bits per heavy atom. The topological polar surface area (TPSA) is 89.3 Å². The summed E-state index contributed by atoms with van der Waals surface area (Å²) < 4.78 is 57.6. The minimum atomic E-state index is -4.67. The predicted octanol–water partition coefficient (Wildman–Crippen LogP) is 6.28. The van der Waals surface area contributed by atoms with E-state index in [1.54, 1.807) is 37.4 Å². The van der Waals surface area contributed by atoms with E-state index in [1.165, 1.54) is 0 Å². The second kappa shape index (κ2) is 10.6. The lowest BCUT2D eigenvalue weighted by molar-refractivity contribution is -0.137. The zero-order chi connectivity index (χ0) is 26.6. The number of urea groups is 1. The van der Waals surface area contributed by atoms with Gasteiger partial charge in [-0.3, -0.25) is 0 Å². The van der Waals surface area contributed by atoms with Gasteiger partial charge in [-0.25, -0.2) is 14.2 Å². The van der Waals surface area contributed by atoms with Crippen LogP contribution in [-0.4, -0.2) is 24.7 Å². The number of aromatic nitrogens is 1. The van der Waals surface area contributed by atoms with Gasteiger partial charge < -0.3 is 21.1 Å². The molecule has 0 aliphatic heterocycles. The van der Waals surface area contributed by atoms with E-state index in [9.17, 15) is 22.4 Å². The number of ether oxygens (including phenoxy) is 1. The number of halogens is 4. The molecule has 0 unspecified atom stereocenters. The lowest BCUT2D eigenvalue weighted by Gasteiger charge is -2.12. The number of nitrogen functional groups attached to an aromatic ring is 1. The van der Waals surface area contributed by atoms with Crippen molar-refractivity contribution in [2.75, 3.05) is 30.1 Å². The van der Waals surface area contributed by atoms with Crippen LogP contribution in [0.15, 0.2) is 66.7 Å². The predicted molar refractivity (Wildman–Crippen MR) is 134 cm³/mol. The first-order chi connectivity index (χ1) is 17.7. The number of nitrogens with two attached hydrogens (primary N) is 1. The molecule has 0 radical (unpaired) electrons. The smallest absolute Gasteiger partial charge is 0.384 e. The van der Waals surface area contributed by atoms with Gasteiger partial charge in [-0.15, -0.1) is 0 Å². The summed E-state index contributed by atoms with van der Waals surface area (Å²) >= 11 is 0. The molecule has 10 heteroatoms. The molecule has 6 nitrogen and oxygen atoms in total. The molecular weight excluding hydrogens is 488 g/mol. The maximum absolute atomic E-state index is 13.9. The summed E-state index contributed by atoms with van der Waals surface area (Å²) in [5.41, 5.74) is 6.87. The van der Waals surface area contributed by atoms with Crippen molar-refractivity contribution >= 4 is 34.0 Å². The molecule has 0 saturated carbocycles. The molecule has 37 heavy (non-hydrogen) atoms. The van der Waals surface area contributed by atoms with Crippen molar-refractivity contribution in [2.24, 2.45) is 0 Å². The lowest BCUT2D eigenvalue weighted by atomic mass is 9.97. The summed E-state index contributed by atoms with van der Waals surface area (Å²) in [7, 11) is 1.55. The highest BCUT2D eigenvalue weighted by Gasteiger charge is 2.31. The molecule has 4 N–H and O–H groups in total. The fraction of sp³-hybridized carbons (Fsp3) is 0.111. The fourth-order valence-electron chi connectivity index (χ4n) is 3.65. The summed E-state index contributed by atoms with van der Waals surface area (Å²) in [4.78, 5) is 16.6. The first-order valence-electron chi connectivity index (χ1n) is 10.9. The van der Waals surface area contributed by atoms with Crippen molar-refractivity contribution < 1.29 is 27.1 Å². The Labute approximate surface area is 209 Å². The largest absolute Gasteiger partial charge is 0.416 e. The van der Waals surface area contributed by atoms with E-state index in [4.69, 9.17) is 10.5 Å². The number of anilines is 3. The van der Waals surface area contributed by atoms with Crippen molar-refractivity contribution in [2.45, 2.75) is 6.18 Å². The molecule has 0 fully saturated rings. The molecule has 1 aromatic heterocycles. The first-order valence-corrected chi connectivity index (χ1v) is 10.9. The number of rotatable bonds is 4. The molecule has 4 rings (SSSR count). The number of pyridine rings is 1. The van der Waals surface area contributed by atoms with Crippen LogP contribution in [0.25, 0.3) is 21.9 Å². The van der Waals surface area contributed by atoms with E-state index >= 15 is 0 Å². The van der Waals surface area contributed by atoms with Gasteiger partial charge in [0.15, 0.2) is 0 Å². The number of nitrogens with zero attached hydrogens (tertiary/aromatic N) is 1. The van der Waals surface area contributed by atoms with Gasteiger partial charge in [0.1, 0.15) is 23.9 Å². The Kier molecular flexibility index (Phi) is 7.27. The molecule has 1 heterocycles. The number of amides is 2. The molecular formula is C27H20F4N4O2. The summed E-state index contributed by atoms with van der Waals surface area (Å²) in [6.45, 7) is 0.250. The average molecular weight is 508 g/mol. The van der Waals surface area contributed by atoms with Crippen molar-refractivity contribution in [3.8, 4) is 23.0 Å². The summed E-state index contributed by atoms with van der Waals surface area (Å²) in [6, 6.07) is 15.0. The number of hydrogen-bond donors (Lipinski definition) is 3. The van der Waals surface area contributed by atoms with Gasteiger partial charge in [0.25, 0.3) is 0 Å². The van der Waals surface area contributed by atoms with Gasteiger partial charge in [-0.2, -0.15) is 13.2 Å².